The maximum Gasteiger partial charge on any atom is 0.248 e. The van der Waals surface area contributed by atoms with Crippen molar-refractivity contribution in [2.45, 2.75) is 39.0 Å². The second-order valence-corrected chi connectivity index (χ2v) is 5.90. The number of hydrogen-bond donors (Lipinski definition) is 1. The number of carbonyl (C=O) groups is 2. The van der Waals surface area contributed by atoms with E-state index < -0.39 is 0 Å². The number of aryl methyl sites for hydroxylation is 1. The topological polar surface area (TPSA) is 71.8 Å². The van der Waals surface area contributed by atoms with Crippen molar-refractivity contribution in [1.29, 1.82) is 0 Å². The first-order chi connectivity index (χ1) is 11.1. The molecule has 2 rings (SSSR count). The molecule has 0 aromatic carbocycles. The van der Waals surface area contributed by atoms with Crippen LogP contribution in [0.4, 0.5) is 0 Å². The van der Waals surface area contributed by atoms with Gasteiger partial charge in [0.1, 0.15) is 24.7 Å². The molecule has 2 amide bonds. The maximum absolute atomic E-state index is 12.0. The van der Waals surface area contributed by atoms with Gasteiger partial charge in [0.15, 0.2) is 0 Å². The van der Waals surface area contributed by atoms with Crippen molar-refractivity contribution in [1.82, 2.24) is 10.2 Å². The molecular formula is C17H26N2O4. The maximum atomic E-state index is 12.0. The molecule has 128 valence electrons. The van der Waals surface area contributed by atoms with E-state index >= 15 is 0 Å². The molecule has 0 aliphatic carbocycles. The van der Waals surface area contributed by atoms with E-state index in [4.69, 9.17) is 9.15 Å². The summed E-state index contributed by atoms with van der Waals surface area (Å²) in [6.07, 6.45) is 5.12. The van der Waals surface area contributed by atoms with Crippen molar-refractivity contribution in [3.63, 3.8) is 0 Å². The molecule has 1 aliphatic heterocycles. The molecule has 1 aliphatic rings. The van der Waals surface area contributed by atoms with Crippen molar-refractivity contribution in [2.24, 2.45) is 0 Å². The predicted octanol–water partition coefficient (Wildman–Crippen LogP) is 1.67. The summed E-state index contributed by atoms with van der Waals surface area (Å²) in [5.74, 6) is 1.48. The fourth-order valence-corrected chi connectivity index (χ4v) is 2.64. The average molecular weight is 322 g/mol. The molecule has 6 heteroatoms. The minimum absolute atomic E-state index is 0.0224. The van der Waals surface area contributed by atoms with Gasteiger partial charge in [-0.1, -0.05) is 12.8 Å². The highest BCUT2D eigenvalue weighted by Crippen LogP contribution is 2.09. The number of hydrogen-bond acceptors (Lipinski definition) is 4. The molecule has 6 nitrogen and oxygen atoms in total. The number of ether oxygens (including phenoxy) is 1. The van der Waals surface area contributed by atoms with Gasteiger partial charge in [0.05, 0.1) is 0 Å². The SMILES string of the molecule is Cc1ccc(CCNC(=O)COCC(=O)N2CCCCCC2)o1. The Morgan fingerprint density at radius 1 is 1.17 bits per heavy atom. The highest BCUT2D eigenvalue weighted by atomic mass is 16.5. The van der Waals surface area contributed by atoms with E-state index in [2.05, 4.69) is 5.32 Å². The lowest BCUT2D eigenvalue weighted by Gasteiger charge is -2.19. The number of nitrogens with zero attached hydrogens (tertiary/aromatic N) is 1. The van der Waals surface area contributed by atoms with E-state index in [1.807, 2.05) is 24.0 Å². The number of nitrogens with one attached hydrogen (secondary N) is 1. The van der Waals surface area contributed by atoms with Crippen LogP contribution in [0.5, 0.6) is 0 Å². The van der Waals surface area contributed by atoms with Crippen LogP contribution in [-0.2, 0) is 20.7 Å². The fraction of sp³-hybridized carbons (Fsp3) is 0.647. The molecule has 0 saturated carbocycles. The number of carbonyl (C=O) groups excluding carboxylic acids is 2. The fourth-order valence-electron chi connectivity index (χ4n) is 2.64. The summed E-state index contributed by atoms with van der Waals surface area (Å²) < 4.78 is 10.7. The Morgan fingerprint density at radius 3 is 2.57 bits per heavy atom. The average Bonchev–Trinajstić information content (AvgIpc) is 2.78. The summed E-state index contributed by atoms with van der Waals surface area (Å²) in [5.41, 5.74) is 0. The van der Waals surface area contributed by atoms with Crippen LogP contribution in [0.15, 0.2) is 16.5 Å². The van der Waals surface area contributed by atoms with Gasteiger partial charge in [0.25, 0.3) is 0 Å². The molecule has 1 fully saturated rings. The quantitative estimate of drug-likeness (QED) is 0.829. The van der Waals surface area contributed by atoms with Crippen LogP contribution >= 0.6 is 0 Å². The number of likely N-dealkylation sites (tertiary alicyclic amines) is 1. The summed E-state index contributed by atoms with van der Waals surface area (Å²) in [7, 11) is 0. The molecule has 1 saturated heterocycles. The largest absolute Gasteiger partial charge is 0.466 e. The summed E-state index contributed by atoms with van der Waals surface area (Å²) >= 11 is 0. The molecule has 1 aromatic rings. The van der Waals surface area contributed by atoms with Crippen molar-refractivity contribution in [3.8, 4) is 0 Å². The Bertz CT molecular complexity index is 504. The Kier molecular flexibility index (Phi) is 7.13. The molecule has 0 radical (unpaired) electrons. The summed E-state index contributed by atoms with van der Waals surface area (Å²) in [6, 6.07) is 3.80. The zero-order valence-electron chi connectivity index (χ0n) is 13.8. The van der Waals surface area contributed by atoms with Gasteiger partial charge in [-0.15, -0.1) is 0 Å². The number of amides is 2. The van der Waals surface area contributed by atoms with Gasteiger partial charge in [-0.25, -0.2) is 0 Å². The monoisotopic (exact) mass is 322 g/mol. The van der Waals surface area contributed by atoms with E-state index in [1.54, 1.807) is 0 Å². The van der Waals surface area contributed by atoms with Gasteiger partial charge < -0.3 is 19.4 Å². The van der Waals surface area contributed by atoms with Crippen LogP contribution in [0, 0.1) is 6.92 Å². The smallest absolute Gasteiger partial charge is 0.248 e. The highest BCUT2D eigenvalue weighted by Gasteiger charge is 2.15. The summed E-state index contributed by atoms with van der Waals surface area (Å²) in [6.45, 7) is 3.88. The van der Waals surface area contributed by atoms with Crippen LogP contribution in [-0.4, -0.2) is 49.6 Å². The Hall–Kier alpha value is -1.82. The van der Waals surface area contributed by atoms with E-state index in [0.29, 0.717) is 13.0 Å². The van der Waals surface area contributed by atoms with Crippen molar-refractivity contribution < 1.29 is 18.7 Å². The van der Waals surface area contributed by atoms with Gasteiger partial charge >= 0.3 is 0 Å². The normalized spacial score (nSPS) is 15.3. The molecule has 0 spiro atoms. The van der Waals surface area contributed by atoms with Gasteiger partial charge in [-0.05, 0) is 31.9 Å². The first kappa shape index (κ1) is 17.5. The van der Waals surface area contributed by atoms with Crippen LogP contribution in [0.1, 0.15) is 37.2 Å². The second kappa shape index (κ2) is 9.35. The molecule has 0 unspecified atom stereocenters. The first-order valence-electron chi connectivity index (χ1n) is 8.32. The third kappa shape index (κ3) is 6.44. The van der Waals surface area contributed by atoms with Crippen LogP contribution in [0.3, 0.4) is 0 Å². The standard InChI is InChI=1S/C17H26N2O4/c1-14-6-7-15(23-14)8-9-18-16(20)12-22-13-17(21)19-10-4-2-3-5-11-19/h6-7H,2-5,8-13H2,1H3,(H,18,20). The minimum atomic E-state index is -0.211. The van der Waals surface area contributed by atoms with Crippen molar-refractivity contribution in [3.05, 3.63) is 23.7 Å². The van der Waals surface area contributed by atoms with Gasteiger partial charge in [-0.2, -0.15) is 0 Å². The summed E-state index contributed by atoms with van der Waals surface area (Å²) in [5, 5.41) is 2.75. The molecule has 1 N–H and O–H groups in total. The van der Waals surface area contributed by atoms with E-state index in [-0.39, 0.29) is 25.0 Å². The van der Waals surface area contributed by atoms with Crippen molar-refractivity contribution in [2.75, 3.05) is 32.8 Å². The van der Waals surface area contributed by atoms with E-state index in [1.165, 1.54) is 12.8 Å². The molecular weight excluding hydrogens is 296 g/mol. The van der Waals surface area contributed by atoms with Crippen molar-refractivity contribution >= 4 is 11.8 Å². The molecule has 23 heavy (non-hydrogen) atoms. The lowest BCUT2D eigenvalue weighted by atomic mass is 10.2. The zero-order chi connectivity index (χ0) is 16.5. The summed E-state index contributed by atoms with van der Waals surface area (Å²) in [4.78, 5) is 25.5. The third-order valence-corrected chi connectivity index (χ3v) is 3.91. The minimum Gasteiger partial charge on any atom is -0.466 e. The first-order valence-corrected chi connectivity index (χ1v) is 8.32. The van der Waals surface area contributed by atoms with Gasteiger partial charge in [-0.3, -0.25) is 9.59 Å². The Labute approximate surface area is 137 Å². The van der Waals surface area contributed by atoms with Crippen LogP contribution < -0.4 is 5.32 Å². The zero-order valence-corrected chi connectivity index (χ0v) is 13.8. The highest BCUT2D eigenvalue weighted by molar-refractivity contribution is 5.79. The van der Waals surface area contributed by atoms with Crippen LogP contribution in [0.25, 0.3) is 0 Å². The Morgan fingerprint density at radius 2 is 1.91 bits per heavy atom. The van der Waals surface area contributed by atoms with Crippen LogP contribution in [0.2, 0.25) is 0 Å². The molecule has 1 aromatic heterocycles. The number of rotatable bonds is 7. The third-order valence-electron chi connectivity index (χ3n) is 3.91. The molecule has 0 bridgehead atoms. The van der Waals surface area contributed by atoms with Gasteiger partial charge in [0, 0.05) is 26.1 Å². The lowest BCUT2D eigenvalue weighted by molar-refractivity contribution is -0.138. The predicted molar refractivity (Wildman–Crippen MR) is 86.0 cm³/mol. The lowest BCUT2D eigenvalue weighted by Crippen LogP contribution is -2.36. The molecule has 0 atom stereocenters. The Balaban J connectivity index is 1.56. The van der Waals surface area contributed by atoms with E-state index in [9.17, 15) is 9.59 Å². The van der Waals surface area contributed by atoms with E-state index in [0.717, 1.165) is 37.5 Å². The van der Waals surface area contributed by atoms with Gasteiger partial charge in [0.2, 0.25) is 11.8 Å². The second-order valence-electron chi connectivity index (χ2n) is 5.90. The number of furan rings is 1. The molecule has 2 heterocycles.